The lowest BCUT2D eigenvalue weighted by Gasteiger charge is -2.50. The number of quaternary nitrogens is 1. The Labute approximate surface area is 167 Å². The average Bonchev–Trinajstić information content (AvgIpc) is 2.73. The third-order valence-corrected chi connectivity index (χ3v) is 7.11. The van der Waals surface area contributed by atoms with Gasteiger partial charge in [-0.2, -0.15) is 0 Å². The number of piperidine rings is 3. The number of hydrogen-bond donors (Lipinski definition) is 0. The van der Waals surface area contributed by atoms with Gasteiger partial charge in [0, 0.05) is 25.3 Å². The van der Waals surface area contributed by atoms with Crippen LogP contribution >= 0.6 is 0 Å². The molecule has 2 aromatic carbocycles. The second kappa shape index (κ2) is 6.93. The van der Waals surface area contributed by atoms with Gasteiger partial charge in [-0.1, -0.05) is 54.6 Å². The predicted octanol–water partition coefficient (Wildman–Crippen LogP) is 4.01. The fourth-order valence-corrected chi connectivity index (χ4v) is 5.44. The van der Waals surface area contributed by atoms with E-state index in [0.29, 0.717) is 12.5 Å². The molecule has 2 atom stereocenters. The first-order valence-electron chi connectivity index (χ1n) is 10.6. The molecule has 0 aromatic heterocycles. The minimum atomic E-state index is -0.145. The van der Waals surface area contributed by atoms with Gasteiger partial charge in [0.25, 0.3) is 0 Å². The Hall–Kier alpha value is -2.33. The van der Waals surface area contributed by atoms with Crippen LogP contribution in [0.4, 0.5) is 4.79 Å². The number of nitrogens with zero attached hydrogens (tertiary/aromatic N) is 2. The number of hydrogen-bond acceptors (Lipinski definition) is 2. The number of amides is 1. The van der Waals surface area contributed by atoms with Crippen molar-refractivity contribution in [2.75, 3.05) is 33.2 Å². The van der Waals surface area contributed by atoms with E-state index >= 15 is 0 Å². The minimum Gasteiger partial charge on any atom is -0.440 e. The quantitative estimate of drug-likeness (QED) is 0.740. The molecule has 4 heteroatoms. The van der Waals surface area contributed by atoms with Gasteiger partial charge >= 0.3 is 6.09 Å². The first-order valence-corrected chi connectivity index (χ1v) is 10.6. The molecule has 4 nitrogen and oxygen atoms in total. The molecule has 4 heterocycles. The van der Waals surface area contributed by atoms with Gasteiger partial charge in [0.05, 0.1) is 26.2 Å². The van der Waals surface area contributed by atoms with Crippen LogP contribution in [0, 0.1) is 5.92 Å². The number of benzene rings is 2. The van der Waals surface area contributed by atoms with Gasteiger partial charge in [0.15, 0.2) is 6.10 Å². The van der Waals surface area contributed by atoms with E-state index in [-0.39, 0.29) is 18.2 Å². The molecule has 1 amide bonds. The zero-order valence-electron chi connectivity index (χ0n) is 16.6. The smallest absolute Gasteiger partial charge is 0.411 e. The summed E-state index contributed by atoms with van der Waals surface area (Å²) in [4.78, 5) is 15.3. The van der Waals surface area contributed by atoms with Crippen molar-refractivity contribution in [2.45, 2.75) is 31.4 Å². The Morgan fingerprint density at radius 2 is 1.75 bits per heavy atom. The topological polar surface area (TPSA) is 29.5 Å². The summed E-state index contributed by atoms with van der Waals surface area (Å²) in [5.41, 5.74) is 3.71. The van der Waals surface area contributed by atoms with Crippen molar-refractivity contribution < 1.29 is 14.0 Å². The molecule has 0 spiro atoms. The Morgan fingerprint density at radius 3 is 2.50 bits per heavy atom. The van der Waals surface area contributed by atoms with Crippen molar-refractivity contribution >= 4 is 6.09 Å². The van der Waals surface area contributed by atoms with Gasteiger partial charge in [-0.05, 0) is 23.1 Å². The van der Waals surface area contributed by atoms with E-state index in [1.165, 1.54) is 37.1 Å². The zero-order chi connectivity index (χ0) is 19.1. The largest absolute Gasteiger partial charge is 0.440 e. The molecular weight excluding hydrogens is 348 g/mol. The highest BCUT2D eigenvalue weighted by Crippen LogP contribution is 2.38. The molecule has 0 N–H and O–H groups in total. The number of carbonyl (C=O) groups excluding carboxylic acids is 1. The summed E-state index contributed by atoms with van der Waals surface area (Å²) in [5.74, 6) is 0.538. The molecule has 28 heavy (non-hydrogen) atoms. The van der Waals surface area contributed by atoms with Crippen LogP contribution in [0.25, 0.3) is 0 Å². The van der Waals surface area contributed by atoms with E-state index in [9.17, 15) is 4.79 Å². The third kappa shape index (κ3) is 3.10. The summed E-state index contributed by atoms with van der Waals surface area (Å²) in [6.07, 6.45) is 3.16. The van der Waals surface area contributed by atoms with Crippen molar-refractivity contribution in [1.29, 1.82) is 0 Å². The maximum atomic E-state index is 13.3. The van der Waals surface area contributed by atoms with Gasteiger partial charge in [0.2, 0.25) is 0 Å². The van der Waals surface area contributed by atoms with Crippen molar-refractivity contribution in [1.82, 2.24) is 4.90 Å². The number of ether oxygens (including phenoxy) is 1. The molecule has 0 aliphatic carbocycles. The van der Waals surface area contributed by atoms with E-state index in [1.54, 1.807) is 0 Å². The van der Waals surface area contributed by atoms with E-state index in [4.69, 9.17) is 4.74 Å². The normalized spacial score (nSPS) is 31.3. The van der Waals surface area contributed by atoms with Gasteiger partial charge in [0.1, 0.15) is 6.54 Å². The van der Waals surface area contributed by atoms with Gasteiger partial charge in [-0.3, -0.25) is 4.90 Å². The Kier molecular flexibility index (Phi) is 4.39. The molecular formula is C24H29N2O2+. The van der Waals surface area contributed by atoms with Crippen molar-refractivity contribution in [2.24, 2.45) is 5.92 Å². The second-order valence-corrected chi connectivity index (χ2v) is 8.96. The molecule has 146 valence electrons. The average molecular weight is 378 g/mol. The highest BCUT2D eigenvalue weighted by atomic mass is 16.6. The minimum absolute atomic E-state index is 0.0635. The first-order chi connectivity index (χ1) is 13.6. The van der Waals surface area contributed by atoms with E-state index in [1.807, 2.05) is 11.0 Å². The van der Waals surface area contributed by atoms with Crippen molar-refractivity contribution in [3.8, 4) is 0 Å². The van der Waals surface area contributed by atoms with E-state index in [2.05, 4.69) is 55.6 Å². The van der Waals surface area contributed by atoms with Crippen LogP contribution in [-0.2, 0) is 11.2 Å². The van der Waals surface area contributed by atoms with Crippen molar-refractivity contribution in [3.05, 3.63) is 71.3 Å². The summed E-state index contributed by atoms with van der Waals surface area (Å²) in [6, 6.07) is 18.8. The van der Waals surface area contributed by atoms with E-state index < -0.39 is 0 Å². The Bertz CT molecular complexity index is 858. The van der Waals surface area contributed by atoms with Crippen LogP contribution in [0.5, 0.6) is 0 Å². The van der Waals surface area contributed by atoms with Crippen molar-refractivity contribution in [3.63, 3.8) is 0 Å². The Balaban J connectivity index is 1.42. The lowest BCUT2D eigenvalue weighted by atomic mass is 9.84. The molecule has 2 aromatic rings. The van der Waals surface area contributed by atoms with Crippen LogP contribution in [0.3, 0.4) is 0 Å². The maximum absolute atomic E-state index is 13.3. The molecule has 6 rings (SSSR count). The molecule has 0 unspecified atom stereocenters. The first kappa shape index (κ1) is 17.7. The highest BCUT2D eigenvalue weighted by molar-refractivity contribution is 5.70. The number of carbonyl (C=O) groups is 1. The molecule has 0 radical (unpaired) electrons. The van der Waals surface area contributed by atoms with Crippen LogP contribution in [-0.4, -0.2) is 54.8 Å². The van der Waals surface area contributed by atoms with Crippen LogP contribution in [0.1, 0.15) is 35.6 Å². The monoisotopic (exact) mass is 377 g/mol. The Morgan fingerprint density at radius 1 is 1.04 bits per heavy atom. The molecule has 0 saturated carbocycles. The third-order valence-electron chi connectivity index (χ3n) is 7.11. The molecule has 3 fully saturated rings. The summed E-state index contributed by atoms with van der Waals surface area (Å²) in [6.45, 7) is 4.13. The summed E-state index contributed by atoms with van der Waals surface area (Å²) in [5, 5.41) is 0. The van der Waals surface area contributed by atoms with Crippen LogP contribution in [0.15, 0.2) is 54.6 Å². The maximum Gasteiger partial charge on any atom is 0.411 e. The van der Waals surface area contributed by atoms with Crippen LogP contribution in [0.2, 0.25) is 0 Å². The van der Waals surface area contributed by atoms with E-state index in [0.717, 1.165) is 23.0 Å². The number of rotatable bonds is 2. The molecule has 2 bridgehead atoms. The molecule has 4 aliphatic rings. The van der Waals surface area contributed by atoms with Gasteiger partial charge < -0.3 is 9.22 Å². The summed E-state index contributed by atoms with van der Waals surface area (Å²) < 4.78 is 7.22. The standard InChI is InChI=1S/C24H29N2O2/c1-26-15-12-19(13-16-26)22(17-26)28-24(27)25-14-11-18-7-5-6-10-21(18)23(25)20-8-3-2-4-9-20/h2-10,19,22-23H,11-17H2,1H3/q+1/t19?,22-,23-,26?/m0/s1. The fraction of sp³-hybridized carbons (Fsp3) is 0.458. The lowest BCUT2D eigenvalue weighted by molar-refractivity contribution is -0.928. The fourth-order valence-electron chi connectivity index (χ4n) is 5.44. The highest BCUT2D eigenvalue weighted by Gasteiger charge is 2.46. The summed E-state index contributed by atoms with van der Waals surface area (Å²) in [7, 11) is 2.31. The zero-order valence-corrected chi connectivity index (χ0v) is 16.6. The van der Waals surface area contributed by atoms with Gasteiger partial charge in [-0.25, -0.2) is 4.79 Å². The van der Waals surface area contributed by atoms with Gasteiger partial charge in [-0.15, -0.1) is 0 Å². The predicted molar refractivity (Wildman–Crippen MR) is 109 cm³/mol. The second-order valence-electron chi connectivity index (χ2n) is 8.96. The summed E-state index contributed by atoms with van der Waals surface area (Å²) >= 11 is 0. The lowest BCUT2D eigenvalue weighted by Crippen LogP contribution is -2.62. The molecule has 3 saturated heterocycles. The van der Waals surface area contributed by atoms with Crippen LogP contribution < -0.4 is 0 Å². The number of likely N-dealkylation sites (N-methyl/N-ethyl adjacent to an activating group) is 1. The SMILES string of the molecule is C[N+]12CCC(CC1)[C@@H](OC(=O)N1CCc3ccccc3[C@@H]1c1ccccc1)C2. The number of fused-ring (bicyclic) bond motifs is 4. The molecule has 4 aliphatic heterocycles.